The molecule has 1 fully saturated rings. The Kier molecular flexibility index (Phi) is 3.71. The molecule has 3 heterocycles. The summed E-state index contributed by atoms with van der Waals surface area (Å²) in [5, 5.41) is 3.48. The van der Waals surface area contributed by atoms with Crippen LogP contribution in [0.2, 0.25) is 0 Å². The van der Waals surface area contributed by atoms with E-state index < -0.39 is 0 Å². The van der Waals surface area contributed by atoms with Crippen LogP contribution in [0, 0.1) is 0 Å². The van der Waals surface area contributed by atoms with Gasteiger partial charge in [0, 0.05) is 25.3 Å². The molecule has 1 aliphatic heterocycles. The van der Waals surface area contributed by atoms with Crippen LogP contribution in [0.3, 0.4) is 0 Å². The molecule has 0 spiro atoms. The van der Waals surface area contributed by atoms with Gasteiger partial charge in [-0.05, 0) is 31.0 Å². The summed E-state index contributed by atoms with van der Waals surface area (Å²) in [4.78, 5) is 19.8. The molecule has 4 rings (SSSR count). The molecule has 1 saturated heterocycles. The predicted octanol–water partition coefficient (Wildman–Crippen LogP) is 2.50. The normalized spacial score (nSPS) is 18.1. The van der Waals surface area contributed by atoms with Crippen LogP contribution in [0.25, 0.3) is 11.0 Å². The molecule has 0 bridgehead atoms. The third-order valence-electron chi connectivity index (χ3n) is 4.12. The van der Waals surface area contributed by atoms with Crippen LogP contribution in [0.15, 0.2) is 49.1 Å². The SMILES string of the molecule is c1ccc2nc(N3CCCC(Nc4ccncn4)C3)cnc2c1. The van der Waals surface area contributed by atoms with Gasteiger partial charge in [0.2, 0.25) is 0 Å². The molecule has 23 heavy (non-hydrogen) atoms. The van der Waals surface area contributed by atoms with Gasteiger partial charge >= 0.3 is 0 Å². The maximum Gasteiger partial charge on any atom is 0.147 e. The van der Waals surface area contributed by atoms with Gasteiger partial charge < -0.3 is 10.2 Å². The topological polar surface area (TPSA) is 66.8 Å². The second kappa shape index (κ2) is 6.16. The fraction of sp³-hybridized carbons (Fsp3) is 0.294. The average Bonchev–Trinajstić information content (AvgIpc) is 2.62. The molecule has 1 N–H and O–H groups in total. The Labute approximate surface area is 134 Å². The predicted molar refractivity (Wildman–Crippen MR) is 90.4 cm³/mol. The Bertz CT molecular complexity index is 791. The summed E-state index contributed by atoms with van der Waals surface area (Å²) in [6.07, 6.45) is 7.44. The van der Waals surface area contributed by atoms with Gasteiger partial charge in [0.25, 0.3) is 0 Å². The van der Waals surface area contributed by atoms with Gasteiger partial charge in [-0.3, -0.25) is 4.98 Å². The lowest BCUT2D eigenvalue weighted by atomic mass is 10.1. The van der Waals surface area contributed by atoms with Gasteiger partial charge in [-0.2, -0.15) is 0 Å². The molecule has 0 radical (unpaired) electrons. The van der Waals surface area contributed by atoms with E-state index in [0.29, 0.717) is 6.04 Å². The number of fused-ring (bicyclic) bond motifs is 1. The van der Waals surface area contributed by atoms with Crippen LogP contribution < -0.4 is 10.2 Å². The maximum absolute atomic E-state index is 4.75. The molecule has 0 amide bonds. The van der Waals surface area contributed by atoms with Crippen LogP contribution in [-0.2, 0) is 0 Å². The Hall–Kier alpha value is -2.76. The van der Waals surface area contributed by atoms with E-state index in [1.54, 1.807) is 12.5 Å². The molecule has 1 aromatic carbocycles. The van der Waals surface area contributed by atoms with Crippen molar-refractivity contribution in [2.75, 3.05) is 23.3 Å². The number of benzene rings is 1. The Balaban J connectivity index is 1.51. The quantitative estimate of drug-likeness (QED) is 0.802. The zero-order valence-electron chi connectivity index (χ0n) is 12.8. The van der Waals surface area contributed by atoms with E-state index in [1.165, 1.54) is 0 Å². The van der Waals surface area contributed by atoms with Gasteiger partial charge in [-0.25, -0.2) is 15.0 Å². The molecule has 6 heteroatoms. The lowest BCUT2D eigenvalue weighted by molar-refractivity contribution is 0.525. The largest absolute Gasteiger partial charge is 0.365 e. The molecule has 1 aliphatic rings. The summed E-state index contributed by atoms with van der Waals surface area (Å²) in [5.74, 6) is 1.81. The van der Waals surface area contributed by atoms with Crippen LogP contribution >= 0.6 is 0 Å². The number of aromatic nitrogens is 4. The van der Waals surface area contributed by atoms with Gasteiger partial charge in [-0.15, -0.1) is 0 Å². The number of rotatable bonds is 3. The Morgan fingerprint density at radius 2 is 2.00 bits per heavy atom. The van der Waals surface area contributed by atoms with E-state index in [0.717, 1.165) is 48.6 Å². The van der Waals surface area contributed by atoms with Gasteiger partial charge in [0.05, 0.1) is 17.2 Å². The number of anilines is 2. The van der Waals surface area contributed by atoms with E-state index in [9.17, 15) is 0 Å². The average molecular weight is 306 g/mol. The minimum atomic E-state index is 0.354. The molecular weight excluding hydrogens is 288 g/mol. The molecule has 6 nitrogen and oxygen atoms in total. The molecule has 116 valence electrons. The van der Waals surface area contributed by atoms with Crippen LogP contribution in [-0.4, -0.2) is 39.1 Å². The summed E-state index contributed by atoms with van der Waals surface area (Å²) >= 11 is 0. The number of piperidine rings is 1. The third-order valence-corrected chi connectivity index (χ3v) is 4.12. The van der Waals surface area contributed by atoms with Gasteiger partial charge in [0.15, 0.2) is 0 Å². The minimum absolute atomic E-state index is 0.354. The van der Waals surface area contributed by atoms with Crippen LogP contribution in [0.4, 0.5) is 11.6 Å². The molecule has 1 unspecified atom stereocenters. The van der Waals surface area contributed by atoms with Crippen LogP contribution in [0.5, 0.6) is 0 Å². The lowest BCUT2D eigenvalue weighted by Gasteiger charge is -2.34. The van der Waals surface area contributed by atoms with Crippen molar-refractivity contribution in [2.24, 2.45) is 0 Å². The highest BCUT2D eigenvalue weighted by molar-refractivity contribution is 5.75. The monoisotopic (exact) mass is 306 g/mol. The summed E-state index contributed by atoms with van der Waals surface area (Å²) < 4.78 is 0. The first-order valence-corrected chi connectivity index (χ1v) is 7.88. The number of nitrogens with zero attached hydrogens (tertiary/aromatic N) is 5. The van der Waals surface area contributed by atoms with Crippen molar-refractivity contribution in [2.45, 2.75) is 18.9 Å². The van der Waals surface area contributed by atoms with Crippen molar-refractivity contribution >= 4 is 22.7 Å². The molecule has 3 aromatic rings. The van der Waals surface area contributed by atoms with Crippen molar-refractivity contribution in [3.05, 3.63) is 49.1 Å². The van der Waals surface area contributed by atoms with Crippen molar-refractivity contribution in [1.82, 2.24) is 19.9 Å². The van der Waals surface area contributed by atoms with Crippen molar-refractivity contribution in [3.8, 4) is 0 Å². The third kappa shape index (κ3) is 3.06. The first-order chi connectivity index (χ1) is 11.4. The van der Waals surface area contributed by atoms with E-state index in [2.05, 4.69) is 25.2 Å². The van der Waals surface area contributed by atoms with E-state index in [1.807, 2.05) is 36.5 Å². The minimum Gasteiger partial charge on any atom is -0.365 e. The summed E-state index contributed by atoms with van der Waals surface area (Å²) in [7, 11) is 0. The fourth-order valence-corrected chi connectivity index (χ4v) is 2.99. The summed E-state index contributed by atoms with van der Waals surface area (Å²) in [5.41, 5.74) is 1.87. The zero-order chi connectivity index (χ0) is 15.5. The summed E-state index contributed by atoms with van der Waals surface area (Å²) in [6, 6.07) is 10.2. The van der Waals surface area contributed by atoms with Gasteiger partial charge in [-0.1, -0.05) is 12.1 Å². The fourth-order valence-electron chi connectivity index (χ4n) is 2.99. The van der Waals surface area contributed by atoms with Gasteiger partial charge in [0.1, 0.15) is 18.0 Å². The number of hydrogen-bond donors (Lipinski definition) is 1. The van der Waals surface area contributed by atoms with Crippen molar-refractivity contribution in [3.63, 3.8) is 0 Å². The lowest BCUT2D eigenvalue weighted by Crippen LogP contribution is -2.42. The molecule has 0 aliphatic carbocycles. The summed E-state index contributed by atoms with van der Waals surface area (Å²) in [6.45, 7) is 1.91. The molecular formula is C17H18N6. The van der Waals surface area contributed by atoms with Crippen molar-refractivity contribution in [1.29, 1.82) is 0 Å². The smallest absolute Gasteiger partial charge is 0.147 e. The molecule has 1 atom stereocenters. The highest BCUT2D eigenvalue weighted by Crippen LogP contribution is 2.21. The Morgan fingerprint density at radius 1 is 1.09 bits per heavy atom. The Morgan fingerprint density at radius 3 is 2.87 bits per heavy atom. The number of nitrogens with one attached hydrogen (secondary N) is 1. The van der Waals surface area contributed by atoms with Crippen molar-refractivity contribution < 1.29 is 0 Å². The van der Waals surface area contributed by atoms with E-state index >= 15 is 0 Å². The molecule has 0 saturated carbocycles. The molecule has 2 aromatic heterocycles. The second-order valence-corrected chi connectivity index (χ2v) is 5.74. The second-order valence-electron chi connectivity index (χ2n) is 5.74. The first kappa shape index (κ1) is 13.9. The number of para-hydroxylation sites is 2. The standard InChI is InChI=1S/C17H18N6/c1-2-6-15-14(5-1)19-10-17(22-15)23-9-3-4-13(11-23)21-16-7-8-18-12-20-16/h1-2,5-8,10,12-13H,3-4,9,11H2,(H,18,20,21). The van der Waals surface area contributed by atoms with E-state index in [4.69, 9.17) is 4.98 Å². The highest BCUT2D eigenvalue weighted by atomic mass is 15.2. The first-order valence-electron chi connectivity index (χ1n) is 7.88. The number of hydrogen-bond acceptors (Lipinski definition) is 6. The maximum atomic E-state index is 4.75. The zero-order valence-corrected chi connectivity index (χ0v) is 12.8. The van der Waals surface area contributed by atoms with E-state index in [-0.39, 0.29) is 0 Å². The highest BCUT2D eigenvalue weighted by Gasteiger charge is 2.21. The van der Waals surface area contributed by atoms with Crippen LogP contribution in [0.1, 0.15) is 12.8 Å².